The molecule has 0 aromatic heterocycles. The first kappa shape index (κ1) is 31.1. The molecule has 1 N–H and O–H groups in total. The number of nitrogens with one attached hydrogen (secondary N) is 1. The van der Waals surface area contributed by atoms with Crippen LogP contribution in [0, 0.1) is 6.92 Å². The summed E-state index contributed by atoms with van der Waals surface area (Å²) in [7, 11) is -2.66. The Morgan fingerprint density at radius 2 is 1.48 bits per heavy atom. The van der Waals surface area contributed by atoms with Gasteiger partial charge in [-0.25, -0.2) is 8.42 Å². The molecule has 0 fully saturated rings. The quantitative estimate of drug-likeness (QED) is 0.226. The third-order valence-corrected chi connectivity index (χ3v) is 9.23. The van der Waals surface area contributed by atoms with Gasteiger partial charge in [-0.1, -0.05) is 96.0 Å². The highest BCUT2D eigenvalue weighted by atomic mass is 35.5. The molecule has 0 heterocycles. The molecule has 1 atom stereocenters. The molecule has 4 rings (SSSR count). The van der Waals surface area contributed by atoms with Crippen molar-refractivity contribution in [2.45, 2.75) is 30.8 Å². The Labute approximate surface area is 256 Å². The van der Waals surface area contributed by atoms with Crippen LogP contribution in [0.1, 0.15) is 16.7 Å². The molecule has 0 aliphatic heterocycles. The predicted molar refractivity (Wildman–Crippen MR) is 167 cm³/mol. The number of carbonyl (C=O) groups excluding carboxylic acids is 2. The molecule has 4 aromatic rings. The number of carbonyl (C=O) groups is 2. The second kappa shape index (κ2) is 13.9. The van der Waals surface area contributed by atoms with Crippen LogP contribution < -0.4 is 9.62 Å². The summed E-state index contributed by atoms with van der Waals surface area (Å²) in [6.45, 7) is 1.18. The summed E-state index contributed by atoms with van der Waals surface area (Å²) in [4.78, 5) is 29.1. The smallest absolute Gasteiger partial charge is 0.264 e. The van der Waals surface area contributed by atoms with Gasteiger partial charge < -0.3 is 10.2 Å². The van der Waals surface area contributed by atoms with Crippen LogP contribution >= 0.6 is 23.2 Å². The second-order valence-electron chi connectivity index (χ2n) is 9.69. The summed E-state index contributed by atoms with van der Waals surface area (Å²) >= 11 is 12.6. The third-order valence-electron chi connectivity index (χ3n) is 6.87. The first-order valence-electron chi connectivity index (χ1n) is 13.2. The molecule has 0 aliphatic rings. The monoisotopic (exact) mass is 623 g/mol. The number of hydrogen-bond donors (Lipinski definition) is 1. The van der Waals surface area contributed by atoms with E-state index in [0.717, 1.165) is 9.87 Å². The molecule has 0 aliphatic carbocycles. The minimum Gasteiger partial charge on any atom is -0.357 e. The molecule has 4 aromatic carbocycles. The number of amides is 2. The molecule has 218 valence electrons. The van der Waals surface area contributed by atoms with Crippen molar-refractivity contribution in [1.29, 1.82) is 0 Å². The van der Waals surface area contributed by atoms with E-state index in [2.05, 4.69) is 5.32 Å². The van der Waals surface area contributed by atoms with Gasteiger partial charge in [0.25, 0.3) is 10.0 Å². The van der Waals surface area contributed by atoms with Crippen LogP contribution in [0.2, 0.25) is 10.0 Å². The number of aryl methyl sites for hydroxylation is 1. The fourth-order valence-electron chi connectivity index (χ4n) is 4.63. The molecule has 10 heteroatoms. The van der Waals surface area contributed by atoms with Crippen LogP contribution in [0.3, 0.4) is 0 Å². The van der Waals surface area contributed by atoms with E-state index in [1.165, 1.54) is 24.1 Å². The van der Waals surface area contributed by atoms with E-state index in [4.69, 9.17) is 23.2 Å². The largest absolute Gasteiger partial charge is 0.357 e. The van der Waals surface area contributed by atoms with Gasteiger partial charge in [-0.15, -0.1) is 0 Å². The van der Waals surface area contributed by atoms with Gasteiger partial charge in [0.1, 0.15) is 12.6 Å². The number of halogens is 2. The van der Waals surface area contributed by atoms with Crippen LogP contribution in [-0.4, -0.2) is 44.8 Å². The SMILES string of the molecule is CNC(=O)C(Cc1ccccc1)N(Cc1ccc(Cl)cc1Cl)C(=O)CN(c1ccccc1C)S(=O)(=O)c1ccccc1. The molecule has 0 saturated carbocycles. The highest BCUT2D eigenvalue weighted by molar-refractivity contribution is 7.92. The molecule has 42 heavy (non-hydrogen) atoms. The minimum absolute atomic E-state index is 0.0421. The van der Waals surface area contributed by atoms with Gasteiger partial charge >= 0.3 is 0 Å². The first-order valence-corrected chi connectivity index (χ1v) is 15.4. The second-order valence-corrected chi connectivity index (χ2v) is 12.4. The van der Waals surface area contributed by atoms with Crippen molar-refractivity contribution in [3.63, 3.8) is 0 Å². The number of benzene rings is 4. The van der Waals surface area contributed by atoms with E-state index in [1.54, 1.807) is 67.6 Å². The highest BCUT2D eigenvalue weighted by Crippen LogP contribution is 2.28. The molecule has 1 unspecified atom stereocenters. The number of anilines is 1. The lowest BCUT2D eigenvalue weighted by Crippen LogP contribution is -2.53. The summed E-state index contributed by atoms with van der Waals surface area (Å²) in [6, 6.07) is 28.1. The maximum Gasteiger partial charge on any atom is 0.264 e. The lowest BCUT2D eigenvalue weighted by molar-refractivity contribution is -0.139. The van der Waals surface area contributed by atoms with E-state index in [-0.39, 0.29) is 17.9 Å². The van der Waals surface area contributed by atoms with Gasteiger partial charge in [0.05, 0.1) is 10.6 Å². The Hall–Kier alpha value is -3.85. The van der Waals surface area contributed by atoms with E-state index in [0.29, 0.717) is 26.9 Å². The molecule has 0 saturated heterocycles. The van der Waals surface area contributed by atoms with Gasteiger partial charge in [0.15, 0.2) is 0 Å². The van der Waals surface area contributed by atoms with Crippen molar-refractivity contribution in [3.8, 4) is 0 Å². The van der Waals surface area contributed by atoms with Crippen molar-refractivity contribution < 1.29 is 18.0 Å². The van der Waals surface area contributed by atoms with Crippen molar-refractivity contribution in [1.82, 2.24) is 10.2 Å². The Balaban J connectivity index is 1.81. The van der Waals surface area contributed by atoms with Crippen molar-refractivity contribution in [2.24, 2.45) is 0 Å². The van der Waals surface area contributed by atoms with Gasteiger partial charge in [-0.2, -0.15) is 0 Å². The maximum absolute atomic E-state index is 14.3. The van der Waals surface area contributed by atoms with Crippen molar-refractivity contribution in [3.05, 3.63) is 130 Å². The maximum atomic E-state index is 14.3. The number of sulfonamides is 1. The zero-order chi connectivity index (χ0) is 30.3. The molecular weight excluding hydrogens is 593 g/mol. The Morgan fingerprint density at radius 3 is 2.10 bits per heavy atom. The fraction of sp³-hybridized carbons (Fsp3) is 0.188. The summed E-state index contributed by atoms with van der Waals surface area (Å²) in [6.07, 6.45) is 0.202. The lowest BCUT2D eigenvalue weighted by Gasteiger charge is -2.34. The number of hydrogen-bond acceptors (Lipinski definition) is 4. The van der Waals surface area contributed by atoms with Crippen LogP contribution in [0.15, 0.2) is 108 Å². The Bertz CT molecular complexity index is 1650. The van der Waals surface area contributed by atoms with E-state index in [1.807, 2.05) is 30.3 Å². The van der Waals surface area contributed by atoms with E-state index in [9.17, 15) is 18.0 Å². The molecule has 0 spiro atoms. The number of nitrogens with zero attached hydrogens (tertiary/aromatic N) is 2. The topological polar surface area (TPSA) is 86.8 Å². The average Bonchev–Trinajstić information content (AvgIpc) is 2.99. The van der Waals surface area contributed by atoms with Gasteiger partial charge in [-0.05, 0) is 53.9 Å². The Kier molecular flexibility index (Phi) is 10.3. The number of rotatable bonds is 11. The lowest BCUT2D eigenvalue weighted by atomic mass is 10.0. The summed E-state index contributed by atoms with van der Waals surface area (Å²) in [5, 5.41) is 3.41. The van der Waals surface area contributed by atoms with Gasteiger partial charge in [-0.3, -0.25) is 13.9 Å². The van der Waals surface area contributed by atoms with Gasteiger partial charge in [0.2, 0.25) is 11.8 Å². The number of para-hydroxylation sites is 1. The van der Waals surface area contributed by atoms with Crippen LogP contribution in [0.5, 0.6) is 0 Å². The molecule has 0 radical (unpaired) electrons. The van der Waals surface area contributed by atoms with Crippen LogP contribution in [0.4, 0.5) is 5.69 Å². The van der Waals surface area contributed by atoms with E-state index < -0.39 is 34.4 Å². The summed E-state index contributed by atoms with van der Waals surface area (Å²) < 4.78 is 29.1. The van der Waals surface area contributed by atoms with Crippen LogP contribution in [0.25, 0.3) is 0 Å². The standard InChI is InChI=1S/C32H31Cl2N3O4S/c1-23-11-9-10-16-29(23)37(42(40,41)27-14-7-4-8-15-27)22-31(38)36(21-25-17-18-26(33)20-28(25)34)30(32(39)35-2)19-24-12-5-3-6-13-24/h3-18,20,30H,19,21-22H2,1-2H3,(H,35,39). The first-order chi connectivity index (χ1) is 20.1. The van der Waals surface area contributed by atoms with Gasteiger partial charge in [0, 0.05) is 30.1 Å². The summed E-state index contributed by atoms with van der Waals surface area (Å²) in [5.74, 6) is -0.973. The van der Waals surface area contributed by atoms with Crippen molar-refractivity contribution >= 4 is 50.7 Å². The predicted octanol–water partition coefficient (Wildman–Crippen LogP) is 5.88. The molecule has 2 amide bonds. The molecule has 0 bridgehead atoms. The minimum atomic E-state index is -4.16. The average molecular weight is 625 g/mol. The summed E-state index contributed by atoms with van der Waals surface area (Å²) in [5.41, 5.74) is 2.42. The number of likely N-dealkylation sites (N-methyl/N-ethyl adjacent to an activating group) is 1. The molecule has 7 nitrogen and oxygen atoms in total. The zero-order valence-corrected chi connectivity index (χ0v) is 25.5. The third kappa shape index (κ3) is 7.31. The van der Waals surface area contributed by atoms with Crippen LogP contribution in [-0.2, 0) is 32.6 Å². The normalized spacial score (nSPS) is 11.9. The van der Waals surface area contributed by atoms with Crippen molar-refractivity contribution in [2.75, 3.05) is 17.9 Å². The Morgan fingerprint density at radius 1 is 0.857 bits per heavy atom. The van der Waals surface area contributed by atoms with E-state index >= 15 is 0 Å². The fourth-order valence-corrected chi connectivity index (χ4v) is 6.60. The zero-order valence-electron chi connectivity index (χ0n) is 23.2. The highest BCUT2D eigenvalue weighted by Gasteiger charge is 2.35. The molecular formula is C32H31Cl2N3O4S.